The van der Waals surface area contributed by atoms with Crippen molar-refractivity contribution in [2.75, 3.05) is 0 Å². The van der Waals surface area contributed by atoms with Crippen molar-refractivity contribution in [3.05, 3.63) is 36.2 Å². The van der Waals surface area contributed by atoms with Crippen molar-refractivity contribution >= 4 is 0 Å². The van der Waals surface area contributed by atoms with Gasteiger partial charge < -0.3 is 14.4 Å². The predicted molar refractivity (Wildman–Crippen MR) is 70.3 cm³/mol. The first-order valence-electron chi connectivity index (χ1n) is 6.00. The van der Waals surface area contributed by atoms with Crippen LogP contribution in [0.1, 0.15) is 19.5 Å². The summed E-state index contributed by atoms with van der Waals surface area (Å²) >= 11 is 0. The monoisotopic (exact) mass is 246 g/mol. The number of imidazole rings is 1. The number of hydrogen-bond donors (Lipinski definition) is 1. The number of aliphatic hydroxyl groups is 1. The van der Waals surface area contributed by atoms with Gasteiger partial charge in [0.15, 0.2) is 0 Å². The molecule has 0 fully saturated rings. The molecular weight excluding hydrogens is 228 g/mol. The lowest BCUT2D eigenvalue weighted by Gasteiger charge is -2.10. The molecule has 0 amide bonds. The smallest absolute Gasteiger partial charge is 0.140 e. The minimum atomic E-state index is -0.0393. The van der Waals surface area contributed by atoms with Crippen LogP contribution in [0.3, 0.4) is 0 Å². The largest absolute Gasteiger partial charge is 0.491 e. The molecule has 4 nitrogen and oxygen atoms in total. The van der Waals surface area contributed by atoms with Gasteiger partial charge in [0.2, 0.25) is 0 Å². The average molecular weight is 246 g/mol. The van der Waals surface area contributed by atoms with Gasteiger partial charge in [-0.3, -0.25) is 0 Å². The molecule has 4 heteroatoms. The maximum atomic E-state index is 9.07. The van der Waals surface area contributed by atoms with Crippen LogP contribution in [0.2, 0.25) is 0 Å². The van der Waals surface area contributed by atoms with Gasteiger partial charge in [0.25, 0.3) is 0 Å². The Kier molecular flexibility index (Phi) is 3.67. The van der Waals surface area contributed by atoms with Crippen LogP contribution in [0.4, 0.5) is 0 Å². The third-order valence-electron chi connectivity index (χ3n) is 2.57. The topological polar surface area (TPSA) is 47.3 Å². The Balaban J connectivity index is 2.25. The first-order chi connectivity index (χ1) is 8.60. The van der Waals surface area contributed by atoms with Gasteiger partial charge >= 0.3 is 0 Å². The molecule has 0 saturated carbocycles. The molecule has 1 N–H and O–H groups in total. The number of ether oxygens (including phenoxy) is 1. The molecule has 0 radical (unpaired) electrons. The molecule has 1 aromatic carbocycles. The Morgan fingerprint density at radius 2 is 1.94 bits per heavy atom. The molecule has 0 atom stereocenters. The Hall–Kier alpha value is -1.81. The van der Waals surface area contributed by atoms with E-state index in [4.69, 9.17) is 9.84 Å². The van der Waals surface area contributed by atoms with E-state index in [2.05, 4.69) is 4.98 Å². The van der Waals surface area contributed by atoms with E-state index in [0.29, 0.717) is 5.69 Å². The van der Waals surface area contributed by atoms with Gasteiger partial charge in [0, 0.05) is 18.8 Å². The van der Waals surface area contributed by atoms with Crippen molar-refractivity contribution < 1.29 is 9.84 Å². The van der Waals surface area contributed by atoms with Gasteiger partial charge in [-0.05, 0) is 38.1 Å². The van der Waals surface area contributed by atoms with Gasteiger partial charge in [-0.15, -0.1) is 0 Å². The van der Waals surface area contributed by atoms with Crippen LogP contribution in [0.15, 0.2) is 30.5 Å². The molecule has 0 saturated heterocycles. The summed E-state index contributed by atoms with van der Waals surface area (Å²) in [7, 11) is 1.92. The fraction of sp³-hybridized carbons (Fsp3) is 0.357. The van der Waals surface area contributed by atoms with Crippen LogP contribution in [-0.2, 0) is 13.7 Å². The Morgan fingerprint density at radius 3 is 2.44 bits per heavy atom. The van der Waals surface area contributed by atoms with Crippen molar-refractivity contribution in [3.63, 3.8) is 0 Å². The van der Waals surface area contributed by atoms with E-state index >= 15 is 0 Å². The summed E-state index contributed by atoms with van der Waals surface area (Å²) in [4.78, 5) is 4.36. The molecule has 0 bridgehead atoms. The van der Waals surface area contributed by atoms with Crippen molar-refractivity contribution in [2.24, 2.45) is 7.05 Å². The number of rotatable bonds is 4. The minimum absolute atomic E-state index is 0.0393. The van der Waals surface area contributed by atoms with E-state index in [0.717, 1.165) is 17.1 Å². The lowest BCUT2D eigenvalue weighted by Crippen LogP contribution is -2.05. The summed E-state index contributed by atoms with van der Waals surface area (Å²) in [5.74, 6) is 1.69. The number of benzene rings is 1. The van der Waals surface area contributed by atoms with E-state index in [1.807, 2.05) is 55.9 Å². The Morgan fingerprint density at radius 1 is 1.28 bits per heavy atom. The molecule has 2 rings (SSSR count). The lowest BCUT2D eigenvalue weighted by molar-refractivity contribution is 0.242. The van der Waals surface area contributed by atoms with Crippen LogP contribution >= 0.6 is 0 Å². The minimum Gasteiger partial charge on any atom is -0.491 e. The fourth-order valence-corrected chi connectivity index (χ4v) is 1.83. The highest BCUT2D eigenvalue weighted by Crippen LogP contribution is 2.22. The zero-order valence-corrected chi connectivity index (χ0v) is 10.9. The predicted octanol–water partition coefficient (Wildman–Crippen LogP) is 2.37. The highest BCUT2D eigenvalue weighted by molar-refractivity contribution is 5.57. The number of aromatic nitrogens is 2. The van der Waals surface area contributed by atoms with E-state index in [1.165, 1.54) is 0 Å². The number of nitrogens with zero attached hydrogens (tertiary/aromatic N) is 2. The van der Waals surface area contributed by atoms with Gasteiger partial charge in [0.1, 0.15) is 11.6 Å². The molecule has 18 heavy (non-hydrogen) atoms. The standard InChI is InChI=1S/C14H18N2O2/c1-10(2)18-13-6-4-11(5-7-13)14-15-12(9-17)8-16(14)3/h4-8,10,17H,9H2,1-3H3. The quantitative estimate of drug-likeness (QED) is 0.901. The zero-order chi connectivity index (χ0) is 13.1. The highest BCUT2D eigenvalue weighted by Gasteiger charge is 2.07. The Bertz CT molecular complexity index is 515. The second kappa shape index (κ2) is 5.23. The number of aliphatic hydroxyl groups excluding tert-OH is 1. The second-order valence-electron chi connectivity index (χ2n) is 4.52. The second-order valence-corrected chi connectivity index (χ2v) is 4.52. The molecule has 1 heterocycles. The summed E-state index contributed by atoms with van der Waals surface area (Å²) in [6.07, 6.45) is 2.00. The zero-order valence-electron chi connectivity index (χ0n) is 10.9. The molecule has 1 aromatic heterocycles. The van der Waals surface area contributed by atoms with Gasteiger partial charge in [-0.2, -0.15) is 0 Å². The third kappa shape index (κ3) is 2.71. The van der Waals surface area contributed by atoms with E-state index in [1.54, 1.807) is 0 Å². The van der Waals surface area contributed by atoms with Gasteiger partial charge in [-0.1, -0.05) is 0 Å². The van der Waals surface area contributed by atoms with Crippen LogP contribution in [0.5, 0.6) is 5.75 Å². The molecular formula is C14H18N2O2. The molecule has 0 aliphatic heterocycles. The molecule has 0 aliphatic rings. The van der Waals surface area contributed by atoms with Gasteiger partial charge in [-0.25, -0.2) is 4.98 Å². The van der Waals surface area contributed by atoms with E-state index in [9.17, 15) is 0 Å². The summed E-state index contributed by atoms with van der Waals surface area (Å²) in [5, 5.41) is 9.07. The summed E-state index contributed by atoms with van der Waals surface area (Å²) in [5.41, 5.74) is 1.68. The SMILES string of the molecule is CC(C)Oc1ccc(-c2nc(CO)cn2C)cc1. The van der Waals surface area contributed by atoms with Crippen LogP contribution in [0, 0.1) is 0 Å². The van der Waals surface area contributed by atoms with Gasteiger partial charge in [0.05, 0.1) is 18.4 Å². The first-order valence-corrected chi connectivity index (χ1v) is 6.00. The van der Waals surface area contributed by atoms with Crippen LogP contribution in [0.25, 0.3) is 11.4 Å². The fourth-order valence-electron chi connectivity index (χ4n) is 1.83. The first kappa shape index (κ1) is 12.6. The molecule has 0 spiro atoms. The normalized spacial score (nSPS) is 10.9. The summed E-state index contributed by atoms with van der Waals surface area (Å²) < 4.78 is 7.50. The molecule has 96 valence electrons. The molecule has 2 aromatic rings. The van der Waals surface area contributed by atoms with Crippen molar-refractivity contribution in [1.29, 1.82) is 0 Å². The van der Waals surface area contributed by atoms with E-state index in [-0.39, 0.29) is 12.7 Å². The number of aryl methyl sites for hydroxylation is 1. The van der Waals surface area contributed by atoms with Crippen LogP contribution < -0.4 is 4.74 Å². The summed E-state index contributed by atoms with van der Waals surface area (Å²) in [6, 6.07) is 7.81. The number of hydrogen-bond acceptors (Lipinski definition) is 3. The Labute approximate surface area is 107 Å². The lowest BCUT2D eigenvalue weighted by atomic mass is 10.2. The average Bonchev–Trinajstić information content (AvgIpc) is 2.71. The van der Waals surface area contributed by atoms with Crippen molar-refractivity contribution in [2.45, 2.75) is 26.6 Å². The summed E-state index contributed by atoms with van der Waals surface area (Å²) in [6.45, 7) is 3.96. The third-order valence-corrected chi connectivity index (χ3v) is 2.57. The maximum absolute atomic E-state index is 9.07. The molecule has 0 aliphatic carbocycles. The van der Waals surface area contributed by atoms with Crippen molar-refractivity contribution in [1.82, 2.24) is 9.55 Å². The van der Waals surface area contributed by atoms with Crippen molar-refractivity contribution in [3.8, 4) is 17.1 Å². The molecule has 0 unspecified atom stereocenters. The highest BCUT2D eigenvalue weighted by atomic mass is 16.5. The van der Waals surface area contributed by atoms with Crippen LogP contribution in [-0.4, -0.2) is 20.8 Å². The van der Waals surface area contributed by atoms with E-state index < -0.39 is 0 Å². The maximum Gasteiger partial charge on any atom is 0.140 e.